The van der Waals surface area contributed by atoms with E-state index < -0.39 is 0 Å². The number of hydrogen-bond acceptors (Lipinski definition) is 1. The summed E-state index contributed by atoms with van der Waals surface area (Å²) in [5.74, 6) is 0. The van der Waals surface area contributed by atoms with Crippen molar-refractivity contribution in [2.24, 2.45) is 0 Å². The summed E-state index contributed by atoms with van der Waals surface area (Å²) in [6.45, 7) is 3.40. The van der Waals surface area contributed by atoms with Crippen LogP contribution in [0.15, 0.2) is 0 Å². The van der Waals surface area contributed by atoms with E-state index in [1.807, 2.05) is 0 Å². The molecule has 0 bridgehead atoms. The fourth-order valence-electron chi connectivity index (χ4n) is 1.26. The molecule has 1 aliphatic heterocycles. The quantitative estimate of drug-likeness (QED) is 0.472. The van der Waals surface area contributed by atoms with Crippen LogP contribution in [0, 0.1) is 0 Å². The molecule has 54 valence electrons. The van der Waals surface area contributed by atoms with Crippen LogP contribution in [0.25, 0.3) is 0 Å². The molecule has 1 saturated heterocycles. The summed E-state index contributed by atoms with van der Waals surface area (Å²) >= 11 is 6.02. The molecule has 1 heterocycles. The topological polar surface area (TPSA) is 3.24 Å². The van der Waals surface area contributed by atoms with Gasteiger partial charge < -0.3 is 4.90 Å². The molecule has 0 N–H and O–H groups in total. The Morgan fingerprint density at radius 1 is 1.56 bits per heavy atom. The Morgan fingerprint density at radius 3 is 2.67 bits per heavy atom. The van der Waals surface area contributed by atoms with Crippen LogP contribution in [0.3, 0.4) is 0 Å². The van der Waals surface area contributed by atoms with Crippen molar-refractivity contribution >= 4 is 11.6 Å². The van der Waals surface area contributed by atoms with Crippen molar-refractivity contribution in [2.45, 2.75) is 31.2 Å². The minimum atomic E-state index is 0.378. The molecule has 1 aliphatic rings. The third kappa shape index (κ3) is 1.59. The molecule has 2 unspecified atom stereocenters. The zero-order valence-electron chi connectivity index (χ0n) is 6.10. The molecule has 0 aromatic rings. The Labute approximate surface area is 62.0 Å². The summed E-state index contributed by atoms with van der Waals surface area (Å²) in [5, 5.41) is 0.378. The Hall–Kier alpha value is 0.250. The standard InChI is InChI=1S/C7H14ClN/c1-6-7(8)4-3-5-9(6)2/h6-7H,3-5H2,1-2H3. The molecule has 0 radical (unpaired) electrons. The van der Waals surface area contributed by atoms with Gasteiger partial charge in [-0.25, -0.2) is 0 Å². The first-order chi connectivity index (χ1) is 4.22. The lowest BCUT2D eigenvalue weighted by molar-refractivity contribution is 0.204. The first-order valence-corrected chi connectivity index (χ1v) is 4.00. The summed E-state index contributed by atoms with van der Waals surface area (Å²) in [5.41, 5.74) is 0. The van der Waals surface area contributed by atoms with Crippen molar-refractivity contribution in [2.75, 3.05) is 13.6 Å². The van der Waals surface area contributed by atoms with Crippen LogP contribution in [0.5, 0.6) is 0 Å². The van der Waals surface area contributed by atoms with Gasteiger partial charge in [0.1, 0.15) is 0 Å². The third-order valence-corrected chi connectivity index (χ3v) is 2.79. The van der Waals surface area contributed by atoms with E-state index in [0.717, 1.165) is 0 Å². The predicted octanol–water partition coefficient (Wildman–Crippen LogP) is 1.71. The number of likely N-dealkylation sites (tertiary alicyclic amines) is 1. The average Bonchev–Trinajstić information content (AvgIpc) is 1.83. The van der Waals surface area contributed by atoms with E-state index in [-0.39, 0.29) is 0 Å². The molecule has 0 aromatic heterocycles. The van der Waals surface area contributed by atoms with Crippen LogP contribution in [0.4, 0.5) is 0 Å². The Balaban J connectivity index is 2.41. The van der Waals surface area contributed by atoms with Crippen molar-refractivity contribution in [3.05, 3.63) is 0 Å². The van der Waals surface area contributed by atoms with Crippen LogP contribution in [-0.2, 0) is 0 Å². The monoisotopic (exact) mass is 147 g/mol. The maximum Gasteiger partial charge on any atom is 0.0489 e. The van der Waals surface area contributed by atoms with Crippen molar-refractivity contribution in [1.29, 1.82) is 0 Å². The molecule has 0 aliphatic carbocycles. The van der Waals surface area contributed by atoms with Crippen molar-refractivity contribution in [1.82, 2.24) is 4.90 Å². The van der Waals surface area contributed by atoms with Crippen LogP contribution in [-0.4, -0.2) is 29.9 Å². The molecule has 0 aromatic carbocycles. The van der Waals surface area contributed by atoms with Crippen LogP contribution in [0.1, 0.15) is 19.8 Å². The minimum Gasteiger partial charge on any atom is -0.302 e. The highest BCUT2D eigenvalue weighted by molar-refractivity contribution is 6.21. The lowest BCUT2D eigenvalue weighted by Gasteiger charge is -2.33. The molecule has 1 fully saturated rings. The van der Waals surface area contributed by atoms with Gasteiger partial charge in [0, 0.05) is 11.4 Å². The molecular weight excluding hydrogens is 134 g/mol. The fraction of sp³-hybridized carbons (Fsp3) is 1.00. The summed E-state index contributed by atoms with van der Waals surface area (Å²) in [7, 11) is 2.14. The van der Waals surface area contributed by atoms with E-state index in [2.05, 4.69) is 18.9 Å². The highest BCUT2D eigenvalue weighted by Crippen LogP contribution is 2.19. The molecule has 0 saturated carbocycles. The second-order valence-corrected chi connectivity index (χ2v) is 3.44. The number of piperidine rings is 1. The molecule has 2 heteroatoms. The number of hydrogen-bond donors (Lipinski definition) is 0. The summed E-state index contributed by atoms with van der Waals surface area (Å²) in [6, 6.07) is 0.570. The third-order valence-electron chi connectivity index (χ3n) is 2.21. The lowest BCUT2D eigenvalue weighted by atomic mass is 10.0. The molecule has 1 nitrogen and oxygen atoms in total. The predicted molar refractivity (Wildman–Crippen MR) is 41.0 cm³/mol. The van der Waals surface area contributed by atoms with E-state index in [9.17, 15) is 0 Å². The largest absolute Gasteiger partial charge is 0.302 e. The SMILES string of the molecule is CC1C(Cl)CCCN1C. The molecule has 2 atom stereocenters. The van der Waals surface area contributed by atoms with Crippen LogP contribution in [0.2, 0.25) is 0 Å². The first-order valence-electron chi connectivity index (χ1n) is 3.56. The number of rotatable bonds is 0. The first kappa shape index (κ1) is 7.36. The number of alkyl halides is 1. The lowest BCUT2D eigenvalue weighted by Crippen LogP contribution is -2.41. The number of nitrogens with zero attached hydrogens (tertiary/aromatic N) is 1. The van der Waals surface area contributed by atoms with Gasteiger partial charge in [-0.3, -0.25) is 0 Å². The number of halogens is 1. The average molecular weight is 148 g/mol. The fourth-order valence-corrected chi connectivity index (χ4v) is 1.60. The molecule has 0 amide bonds. The molecule has 1 rings (SSSR count). The van der Waals surface area contributed by atoms with Gasteiger partial charge in [0.2, 0.25) is 0 Å². The van der Waals surface area contributed by atoms with Gasteiger partial charge in [0.05, 0.1) is 0 Å². The van der Waals surface area contributed by atoms with Gasteiger partial charge in [0.25, 0.3) is 0 Å². The van der Waals surface area contributed by atoms with E-state index in [1.165, 1.54) is 19.4 Å². The zero-order valence-corrected chi connectivity index (χ0v) is 6.86. The maximum absolute atomic E-state index is 6.02. The second kappa shape index (κ2) is 2.89. The molecule has 9 heavy (non-hydrogen) atoms. The van der Waals surface area contributed by atoms with Crippen LogP contribution < -0.4 is 0 Å². The summed E-state index contributed by atoms with van der Waals surface area (Å²) in [4.78, 5) is 2.32. The van der Waals surface area contributed by atoms with Gasteiger partial charge in [-0.05, 0) is 33.4 Å². The highest BCUT2D eigenvalue weighted by atomic mass is 35.5. The Morgan fingerprint density at radius 2 is 2.22 bits per heavy atom. The van der Waals surface area contributed by atoms with Gasteiger partial charge in [-0.1, -0.05) is 0 Å². The van der Waals surface area contributed by atoms with Gasteiger partial charge in [0.15, 0.2) is 0 Å². The molecule has 0 spiro atoms. The van der Waals surface area contributed by atoms with Crippen molar-refractivity contribution in [3.8, 4) is 0 Å². The highest BCUT2D eigenvalue weighted by Gasteiger charge is 2.22. The summed E-state index contributed by atoms with van der Waals surface area (Å²) < 4.78 is 0. The van der Waals surface area contributed by atoms with E-state index in [1.54, 1.807) is 0 Å². The Bertz CT molecular complexity index is 84.9. The van der Waals surface area contributed by atoms with E-state index in [0.29, 0.717) is 11.4 Å². The minimum absolute atomic E-state index is 0.378. The van der Waals surface area contributed by atoms with Crippen molar-refractivity contribution < 1.29 is 0 Å². The van der Waals surface area contributed by atoms with E-state index >= 15 is 0 Å². The normalized spacial score (nSPS) is 39.0. The maximum atomic E-state index is 6.02. The smallest absolute Gasteiger partial charge is 0.0489 e. The zero-order chi connectivity index (χ0) is 6.85. The van der Waals surface area contributed by atoms with Gasteiger partial charge in [-0.2, -0.15) is 0 Å². The van der Waals surface area contributed by atoms with Crippen molar-refractivity contribution in [3.63, 3.8) is 0 Å². The van der Waals surface area contributed by atoms with Crippen LogP contribution >= 0.6 is 11.6 Å². The van der Waals surface area contributed by atoms with Gasteiger partial charge >= 0.3 is 0 Å². The van der Waals surface area contributed by atoms with E-state index in [4.69, 9.17) is 11.6 Å². The second-order valence-electron chi connectivity index (χ2n) is 2.88. The molecular formula is C7H14ClN. The van der Waals surface area contributed by atoms with Gasteiger partial charge in [-0.15, -0.1) is 11.6 Å². The summed E-state index contributed by atoms with van der Waals surface area (Å²) in [6.07, 6.45) is 2.45. The Kier molecular flexibility index (Phi) is 2.36.